The first-order chi connectivity index (χ1) is 12.0. The quantitative estimate of drug-likeness (QED) is 0.643. The standard InChI is InChI=1S/C20H21FN4/c1-13(2)15-4-8-17(9-5-15)24-19-12-20(23-14(3)22-19)25-18-10-6-16(21)7-11-18/h4-13H,1-3H3,(H2,22,23,24,25). The first-order valence-electron chi connectivity index (χ1n) is 8.25. The monoisotopic (exact) mass is 336 g/mol. The van der Waals surface area contributed by atoms with Crippen LogP contribution in [-0.4, -0.2) is 9.97 Å². The number of aryl methyl sites for hydroxylation is 1. The van der Waals surface area contributed by atoms with Crippen molar-refractivity contribution in [3.63, 3.8) is 0 Å². The Morgan fingerprint density at radius 2 is 1.28 bits per heavy atom. The lowest BCUT2D eigenvalue weighted by atomic mass is 10.0. The minimum absolute atomic E-state index is 0.267. The molecule has 0 aliphatic rings. The van der Waals surface area contributed by atoms with E-state index in [-0.39, 0.29) is 5.82 Å². The second-order valence-electron chi connectivity index (χ2n) is 6.22. The second-order valence-corrected chi connectivity index (χ2v) is 6.22. The average Bonchev–Trinajstić information content (AvgIpc) is 2.57. The van der Waals surface area contributed by atoms with Gasteiger partial charge in [0.2, 0.25) is 0 Å². The van der Waals surface area contributed by atoms with E-state index in [1.54, 1.807) is 12.1 Å². The Hall–Kier alpha value is -2.95. The van der Waals surface area contributed by atoms with E-state index in [0.717, 1.165) is 11.4 Å². The van der Waals surface area contributed by atoms with Crippen molar-refractivity contribution in [1.82, 2.24) is 9.97 Å². The maximum absolute atomic E-state index is 13.0. The van der Waals surface area contributed by atoms with Gasteiger partial charge in [0.05, 0.1) is 0 Å². The highest BCUT2D eigenvalue weighted by Gasteiger charge is 2.05. The van der Waals surface area contributed by atoms with Crippen LogP contribution in [0.5, 0.6) is 0 Å². The predicted octanol–water partition coefficient (Wildman–Crippen LogP) is 5.53. The topological polar surface area (TPSA) is 49.8 Å². The van der Waals surface area contributed by atoms with Gasteiger partial charge in [0.15, 0.2) is 0 Å². The highest BCUT2D eigenvalue weighted by atomic mass is 19.1. The smallest absolute Gasteiger partial charge is 0.136 e. The minimum Gasteiger partial charge on any atom is -0.340 e. The molecule has 1 heterocycles. The summed E-state index contributed by atoms with van der Waals surface area (Å²) in [5.41, 5.74) is 3.03. The maximum atomic E-state index is 13.0. The largest absolute Gasteiger partial charge is 0.340 e. The average molecular weight is 336 g/mol. The molecule has 0 aliphatic heterocycles. The molecule has 0 bridgehead atoms. The summed E-state index contributed by atoms with van der Waals surface area (Å²) in [5, 5.41) is 6.46. The van der Waals surface area contributed by atoms with Gasteiger partial charge in [0.25, 0.3) is 0 Å². The number of rotatable bonds is 5. The number of hydrogen-bond donors (Lipinski definition) is 2. The van der Waals surface area contributed by atoms with Crippen LogP contribution in [0.2, 0.25) is 0 Å². The fourth-order valence-electron chi connectivity index (χ4n) is 2.48. The third-order valence-corrected chi connectivity index (χ3v) is 3.80. The molecule has 0 amide bonds. The van der Waals surface area contributed by atoms with E-state index in [1.165, 1.54) is 17.7 Å². The van der Waals surface area contributed by atoms with Crippen LogP contribution in [0.3, 0.4) is 0 Å². The van der Waals surface area contributed by atoms with E-state index in [4.69, 9.17) is 0 Å². The molecule has 0 saturated carbocycles. The molecule has 128 valence electrons. The Labute approximate surface area is 147 Å². The molecule has 3 rings (SSSR count). The molecule has 0 fully saturated rings. The van der Waals surface area contributed by atoms with Crippen molar-refractivity contribution in [1.29, 1.82) is 0 Å². The highest BCUT2D eigenvalue weighted by Crippen LogP contribution is 2.22. The molecule has 2 aromatic carbocycles. The first-order valence-corrected chi connectivity index (χ1v) is 8.25. The van der Waals surface area contributed by atoms with Crippen molar-refractivity contribution in [2.75, 3.05) is 10.6 Å². The zero-order valence-electron chi connectivity index (χ0n) is 14.5. The van der Waals surface area contributed by atoms with Crippen LogP contribution in [0, 0.1) is 12.7 Å². The van der Waals surface area contributed by atoms with E-state index < -0.39 is 0 Å². The van der Waals surface area contributed by atoms with Gasteiger partial charge in [-0.1, -0.05) is 26.0 Å². The Morgan fingerprint density at radius 3 is 1.76 bits per heavy atom. The third-order valence-electron chi connectivity index (χ3n) is 3.80. The van der Waals surface area contributed by atoms with Crippen molar-refractivity contribution < 1.29 is 4.39 Å². The number of aromatic nitrogens is 2. The van der Waals surface area contributed by atoms with Crippen LogP contribution in [0.25, 0.3) is 0 Å². The molecule has 2 N–H and O–H groups in total. The molecule has 0 aliphatic carbocycles. The molecule has 0 atom stereocenters. The molecule has 25 heavy (non-hydrogen) atoms. The fraction of sp³-hybridized carbons (Fsp3) is 0.200. The van der Waals surface area contributed by atoms with E-state index in [9.17, 15) is 4.39 Å². The lowest BCUT2D eigenvalue weighted by Crippen LogP contribution is -2.01. The van der Waals surface area contributed by atoms with Crippen molar-refractivity contribution in [3.8, 4) is 0 Å². The van der Waals surface area contributed by atoms with Crippen molar-refractivity contribution >= 4 is 23.0 Å². The van der Waals surface area contributed by atoms with Gasteiger partial charge >= 0.3 is 0 Å². The van der Waals surface area contributed by atoms with Crippen LogP contribution >= 0.6 is 0 Å². The number of anilines is 4. The summed E-state index contributed by atoms with van der Waals surface area (Å²) < 4.78 is 13.0. The molecule has 3 aromatic rings. The zero-order valence-corrected chi connectivity index (χ0v) is 14.5. The van der Waals surface area contributed by atoms with Gasteiger partial charge in [-0.3, -0.25) is 0 Å². The van der Waals surface area contributed by atoms with E-state index in [1.807, 2.05) is 25.1 Å². The summed E-state index contributed by atoms with van der Waals surface area (Å²) in [6.07, 6.45) is 0. The molecule has 0 unspecified atom stereocenters. The van der Waals surface area contributed by atoms with Crippen LogP contribution in [0.15, 0.2) is 54.6 Å². The maximum Gasteiger partial charge on any atom is 0.136 e. The van der Waals surface area contributed by atoms with Gasteiger partial charge in [-0.2, -0.15) is 0 Å². The van der Waals surface area contributed by atoms with Gasteiger partial charge in [0, 0.05) is 17.4 Å². The zero-order chi connectivity index (χ0) is 17.8. The number of halogens is 1. The van der Waals surface area contributed by atoms with Crippen LogP contribution in [0.4, 0.5) is 27.4 Å². The van der Waals surface area contributed by atoms with Gasteiger partial charge in [-0.25, -0.2) is 14.4 Å². The predicted molar refractivity (Wildman–Crippen MR) is 100 cm³/mol. The summed E-state index contributed by atoms with van der Waals surface area (Å²) in [5.74, 6) is 2.24. The molecule has 0 spiro atoms. The van der Waals surface area contributed by atoms with Gasteiger partial charge < -0.3 is 10.6 Å². The SMILES string of the molecule is Cc1nc(Nc2ccc(F)cc2)cc(Nc2ccc(C(C)C)cc2)n1. The molecule has 4 nitrogen and oxygen atoms in total. The fourth-order valence-corrected chi connectivity index (χ4v) is 2.48. The number of nitrogens with zero attached hydrogens (tertiary/aromatic N) is 2. The van der Waals surface area contributed by atoms with E-state index in [0.29, 0.717) is 23.4 Å². The van der Waals surface area contributed by atoms with Gasteiger partial charge in [-0.05, 0) is 54.8 Å². The summed E-state index contributed by atoms with van der Waals surface area (Å²) in [6, 6.07) is 16.3. The molecular formula is C20H21FN4. The molecule has 0 radical (unpaired) electrons. The summed E-state index contributed by atoms with van der Waals surface area (Å²) in [4.78, 5) is 8.79. The summed E-state index contributed by atoms with van der Waals surface area (Å²) in [6.45, 7) is 6.18. The third kappa shape index (κ3) is 4.53. The van der Waals surface area contributed by atoms with E-state index in [2.05, 4.69) is 46.6 Å². The lowest BCUT2D eigenvalue weighted by molar-refractivity contribution is 0.628. The van der Waals surface area contributed by atoms with Crippen molar-refractivity contribution in [2.24, 2.45) is 0 Å². The number of hydrogen-bond acceptors (Lipinski definition) is 4. The van der Waals surface area contributed by atoms with Crippen LogP contribution in [-0.2, 0) is 0 Å². The first kappa shape index (κ1) is 16.9. The number of nitrogens with one attached hydrogen (secondary N) is 2. The summed E-state index contributed by atoms with van der Waals surface area (Å²) in [7, 11) is 0. The molecule has 1 aromatic heterocycles. The molecule has 0 saturated heterocycles. The summed E-state index contributed by atoms with van der Waals surface area (Å²) >= 11 is 0. The second kappa shape index (κ2) is 7.30. The Morgan fingerprint density at radius 1 is 0.800 bits per heavy atom. The number of benzene rings is 2. The highest BCUT2D eigenvalue weighted by molar-refractivity contribution is 5.63. The molecule has 5 heteroatoms. The normalized spacial score (nSPS) is 10.8. The Bertz CT molecular complexity index is 843. The van der Waals surface area contributed by atoms with Gasteiger partial charge in [0.1, 0.15) is 23.3 Å². The van der Waals surface area contributed by atoms with Crippen molar-refractivity contribution in [3.05, 3.63) is 71.8 Å². The Balaban J connectivity index is 1.77. The Kier molecular flexibility index (Phi) is 4.93. The van der Waals surface area contributed by atoms with Crippen molar-refractivity contribution in [2.45, 2.75) is 26.7 Å². The minimum atomic E-state index is -0.267. The van der Waals surface area contributed by atoms with Crippen LogP contribution in [0.1, 0.15) is 31.2 Å². The van der Waals surface area contributed by atoms with E-state index >= 15 is 0 Å². The van der Waals surface area contributed by atoms with Gasteiger partial charge in [-0.15, -0.1) is 0 Å². The molecular weight excluding hydrogens is 315 g/mol. The lowest BCUT2D eigenvalue weighted by Gasteiger charge is -2.11. The van der Waals surface area contributed by atoms with Crippen LogP contribution < -0.4 is 10.6 Å².